The van der Waals surface area contributed by atoms with Crippen LogP contribution in [0.25, 0.3) is 0 Å². The Morgan fingerprint density at radius 3 is 2.21 bits per heavy atom. The lowest BCUT2D eigenvalue weighted by molar-refractivity contribution is -0.134. The maximum Gasteiger partial charge on any atom is 0.251 e. The number of halogens is 1. The Bertz CT molecular complexity index is 805. The highest BCUT2D eigenvalue weighted by Gasteiger charge is 2.31. The van der Waals surface area contributed by atoms with E-state index < -0.39 is 6.04 Å². The Morgan fingerprint density at radius 2 is 1.64 bits per heavy atom. The molecule has 0 saturated carbocycles. The molecule has 0 radical (unpaired) electrons. The maximum atomic E-state index is 13.1. The van der Waals surface area contributed by atoms with Crippen molar-refractivity contribution < 1.29 is 9.59 Å². The summed E-state index contributed by atoms with van der Waals surface area (Å²) in [4.78, 5) is 38.0. The van der Waals surface area contributed by atoms with Crippen molar-refractivity contribution in [3.63, 3.8) is 0 Å². The number of carbonyl (C=O) groups excluding carboxylic acids is 2. The zero-order valence-corrected chi connectivity index (χ0v) is 17.6. The van der Waals surface area contributed by atoms with Crippen molar-refractivity contribution in [3.05, 3.63) is 52.8 Å². The summed E-state index contributed by atoms with van der Waals surface area (Å²) < 4.78 is 0.904. The lowest BCUT2D eigenvalue weighted by Crippen LogP contribution is -2.56. The molecule has 1 aliphatic rings. The Hall–Kier alpha value is -2.48. The zero-order valence-electron chi connectivity index (χ0n) is 16.0. The van der Waals surface area contributed by atoms with E-state index in [1.807, 2.05) is 30.9 Å². The zero-order chi connectivity index (χ0) is 20.1. The quantitative estimate of drug-likeness (QED) is 0.763. The SMILES string of the molecule is CC(C)[C@H](NC(=O)c1ccc(Br)cc1)C(=O)N1CCN(c2ncccn2)CC1. The minimum atomic E-state index is -0.560. The fraction of sp³-hybridized carbons (Fsp3) is 0.400. The van der Waals surface area contributed by atoms with E-state index in [1.54, 1.807) is 30.6 Å². The standard InChI is InChI=1S/C20H24BrN5O2/c1-14(2)17(24-18(27)15-4-6-16(21)7-5-15)19(28)25-10-12-26(13-11-25)20-22-8-3-9-23-20/h3-9,14,17H,10-13H2,1-2H3,(H,24,27)/t17-/m0/s1. The summed E-state index contributed by atoms with van der Waals surface area (Å²) in [6.45, 7) is 6.38. The van der Waals surface area contributed by atoms with Gasteiger partial charge in [-0.2, -0.15) is 0 Å². The molecule has 1 saturated heterocycles. The molecule has 1 fully saturated rings. The Kier molecular flexibility index (Phi) is 6.61. The van der Waals surface area contributed by atoms with Crippen LogP contribution in [0.15, 0.2) is 47.2 Å². The highest BCUT2D eigenvalue weighted by molar-refractivity contribution is 9.10. The van der Waals surface area contributed by atoms with Crippen LogP contribution in [0.5, 0.6) is 0 Å². The van der Waals surface area contributed by atoms with Gasteiger partial charge in [0.1, 0.15) is 6.04 Å². The van der Waals surface area contributed by atoms with Gasteiger partial charge in [-0.3, -0.25) is 9.59 Å². The van der Waals surface area contributed by atoms with E-state index >= 15 is 0 Å². The van der Waals surface area contributed by atoms with E-state index in [1.165, 1.54) is 0 Å². The van der Waals surface area contributed by atoms with E-state index in [9.17, 15) is 9.59 Å². The first-order chi connectivity index (χ1) is 13.5. The molecule has 0 aliphatic carbocycles. The number of benzene rings is 1. The van der Waals surface area contributed by atoms with Crippen LogP contribution >= 0.6 is 15.9 Å². The van der Waals surface area contributed by atoms with Gasteiger partial charge in [0.2, 0.25) is 11.9 Å². The lowest BCUT2D eigenvalue weighted by atomic mass is 10.0. The first-order valence-electron chi connectivity index (χ1n) is 9.33. The number of aromatic nitrogens is 2. The van der Waals surface area contributed by atoms with Gasteiger partial charge in [0.05, 0.1) is 0 Å². The van der Waals surface area contributed by atoms with Crippen molar-refractivity contribution in [2.45, 2.75) is 19.9 Å². The van der Waals surface area contributed by atoms with Gasteiger partial charge in [0.15, 0.2) is 0 Å². The molecule has 2 heterocycles. The topological polar surface area (TPSA) is 78.4 Å². The van der Waals surface area contributed by atoms with E-state index in [-0.39, 0.29) is 17.7 Å². The number of rotatable bonds is 5. The second-order valence-corrected chi connectivity index (χ2v) is 7.98. The maximum absolute atomic E-state index is 13.1. The molecule has 2 aromatic rings. The number of anilines is 1. The monoisotopic (exact) mass is 445 g/mol. The minimum absolute atomic E-state index is 0.0117. The highest BCUT2D eigenvalue weighted by atomic mass is 79.9. The summed E-state index contributed by atoms with van der Waals surface area (Å²) in [5.41, 5.74) is 0.535. The molecule has 2 amide bonds. The van der Waals surface area contributed by atoms with Crippen LogP contribution in [-0.4, -0.2) is 58.9 Å². The van der Waals surface area contributed by atoms with Crippen LogP contribution in [0.1, 0.15) is 24.2 Å². The molecule has 1 aromatic carbocycles. The molecule has 3 rings (SSSR count). The number of carbonyl (C=O) groups is 2. The van der Waals surface area contributed by atoms with Crippen LogP contribution in [0, 0.1) is 5.92 Å². The van der Waals surface area contributed by atoms with Crippen molar-refractivity contribution in [1.29, 1.82) is 0 Å². The van der Waals surface area contributed by atoms with E-state index in [0.29, 0.717) is 37.7 Å². The number of hydrogen-bond acceptors (Lipinski definition) is 5. The Morgan fingerprint density at radius 1 is 1.04 bits per heavy atom. The van der Waals surface area contributed by atoms with Gasteiger partial charge in [-0.05, 0) is 36.2 Å². The average molecular weight is 446 g/mol. The van der Waals surface area contributed by atoms with Crippen LogP contribution in [0.3, 0.4) is 0 Å². The highest BCUT2D eigenvalue weighted by Crippen LogP contribution is 2.15. The fourth-order valence-corrected chi connectivity index (χ4v) is 3.38. The first-order valence-corrected chi connectivity index (χ1v) is 10.1. The number of hydrogen-bond donors (Lipinski definition) is 1. The van der Waals surface area contributed by atoms with Gasteiger partial charge < -0.3 is 15.1 Å². The molecule has 0 spiro atoms. The van der Waals surface area contributed by atoms with Crippen molar-refractivity contribution in [2.24, 2.45) is 5.92 Å². The van der Waals surface area contributed by atoms with Gasteiger partial charge in [0, 0.05) is 48.6 Å². The molecule has 1 N–H and O–H groups in total. The van der Waals surface area contributed by atoms with E-state index in [2.05, 4.69) is 36.1 Å². The third-order valence-corrected chi connectivity index (χ3v) is 5.28. The van der Waals surface area contributed by atoms with Gasteiger partial charge in [0.25, 0.3) is 5.91 Å². The number of nitrogens with zero attached hydrogens (tertiary/aromatic N) is 4. The van der Waals surface area contributed by atoms with Crippen molar-refractivity contribution in [1.82, 2.24) is 20.2 Å². The van der Waals surface area contributed by atoms with Crippen LogP contribution in [0.4, 0.5) is 5.95 Å². The van der Waals surface area contributed by atoms with Crippen molar-refractivity contribution >= 4 is 33.7 Å². The summed E-state index contributed by atoms with van der Waals surface area (Å²) in [5, 5.41) is 2.91. The van der Waals surface area contributed by atoms with Crippen LogP contribution in [0.2, 0.25) is 0 Å². The molecule has 0 unspecified atom stereocenters. The summed E-state index contributed by atoms with van der Waals surface area (Å²) in [6, 6.07) is 8.32. The second kappa shape index (κ2) is 9.14. The summed E-state index contributed by atoms with van der Waals surface area (Å²) in [5.74, 6) is 0.380. The van der Waals surface area contributed by atoms with E-state index in [0.717, 1.165) is 4.47 Å². The molecular weight excluding hydrogens is 422 g/mol. The molecule has 148 valence electrons. The minimum Gasteiger partial charge on any atom is -0.340 e. The molecule has 7 nitrogen and oxygen atoms in total. The number of amides is 2. The normalized spacial score (nSPS) is 15.4. The average Bonchev–Trinajstić information content (AvgIpc) is 2.72. The molecule has 8 heteroatoms. The fourth-order valence-electron chi connectivity index (χ4n) is 3.12. The predicted octanol–water partition coefficient (Wildman–Crippen LogP) is 2.34. The Labute approximate surface area is 173 Å². The largest absolute Gasteiger partial charge is 0.340 e. The summed E-state index contributed by atoms with van der Waals surface area (Å²) in [6.07, 6.45) is 3.43. The van der Waals surface area contributed by atoms with Crippen LogP contribution < -0.4 is 10.2 Å². The molecular formula is C20H24BrN5O2. The number of nitrogens with one attached hydrogen (secondary N) is 1. The smallest absolute Gasteiger partial charge is 0.251 e. The van der Waals surface area contributed by atoms with Crippen LogP contribution in [-0.2, 0) is 4.79 Å². The summed E-state index contributed by atoms with van der Waals surface area (Å²) in [7, 11) is 0. The molecule has 28 heavy (non-hydrogen) atoms. The van der Waals surface area contributed by atoms with E-state index in [4.69, 9.17) is 0 Å². The Balaban J connectivity index is 1.62. The lowest BCUT2D eigenvalue weighted by Gasteiger charge is -2.37. The predicted molar refractivity (Wildman–Crippen MR) is 111 cm³/mol. The summed E-state index contributed by atoms with van der Waals surface area (Å²) >= 11 is 3.36. The second-order valence-electron chi connectivity index (χ2n) is 7.06. The molecule has 1 aliphatic heterocycles. The van der Waals surface area contributed by atoms with Gasteiger partial charge >= 0.3 is 0 Å². The molecule has 1 aromatic heterocycles. The molecule has 0 bridgehead atoms. The molecule has 1 atom stereocenters. The third kappa shape index (κ3) is 4.86. The van der Waals surface area contributed by atoms with Gasteiger partial charge in [-0.1, -0.05) is 29.8 Å². The van der Waals surface area contributed by atoms with Crippen molar-refractivity contribution in [2.75, 3.05) is 31.1 Å². The number of piperazine rings is 1. The van der Waals surface area contributed by atoms with Crippen molar-refractivity contribution in [3.8, 4) is 0 Å². The van der Waals surface area contributed by atoms with Gasteiger partial charge in [-0.15, -0.1) is 0 Å². The third-order valence-electron chi connectivity index (χ3n) is 4.75. The first kappa shape index (κ1) is 20.3. The van der Waals surface area contributed by atoms with Gasteiger partial charge in [-0.25, -0.2) is 9.97 Å².